The van der Waals surface area contributed by atoms with Gasteiger partial charge in [0, 0.05) is 67.7 Å². The van der Waals surface area contributed by atoms with E-state index in [-0.39, 0.29) is 86.5 Å². The third-order valence-corrected chi connectivity index (χ3v) is 18.4. The first kappa shape index (κ1) is 66.2. The van der Waals surface area contributed by atoms with Crippen molar-refractivity contribution in [2.75, 3.05) is 42.2 Å². The number of halogens is 3. The van der Waals surface area contributed by atoms with Gasteiger partial charge in [0.1, 0.15) is 23.8 Å². The molecule has 18 nitrogen and oxygen atoms in total. The summed E-state index contributed by atoms with van der Waals surface area (Å²) in [6.07, 6.45) is 5.32. The van der Waals surface area contributed by atoms with Gasteiger partial charge in [0.25, 0.3) is 0 Å². The molecule has 0 bridgehead atoms. The van der Waals surface area contributed by atoms with E-state index in [0.29, 0.717) is 87.5 Å². The quantitative estimate of drug-likeness (QED) is 0.0986. The molecule has 5 aromatic heterocycles. The number of aromatic nitrogens is 8. The number of anilines is 2. The zero-order valence-electron chi connectivity index (χ0n) is 53.4. The molecule has 90 heavy (non-hydrogen) atoms. The molecule has 0 aliphatic carbocycles. The van der Waals surface area contributed by atoms with Gasteiger partial charge in [0.15, 0.2) is 21.1 Å². The summed E-state index contributed by atoms with van der Waals surface area (Å²) >= 11 is 13.9. The Morgan fingerprint density at radius 1 is 0.589 bits per heavy atom. The van der Waals surface area contributed by atoms with Gasteiger partial charge < -0.3 is 19.6 Å². The van der Waals surface area contributed by atoms with E-state index in [1.165, 1.54) is 28.9 Å². The van der Waals surface area contributed by atoms with Crippen LogP contribution >= 0.6 is 23.2 Å². The van der Waals surface area contributed by atoms with Crippen molar-refractivity contribution < 1.29 is 22.4 Å². The largest absolute Gasteiger partial charge is 0.355 e. The lowest BCUT2D eigenvalue weighted by molar-refractivity contribution is -0.129. The first-order valence-corrected chi connectivity index (χ1v) is 32.8. The van der Waals surface area contributed by atoms with Gasteiger partial charge in [-0.2, -0.15) is 9.97 Å². The van der Waals surface area contributed by atoms with Gasteiger partial charge in [-0.25, -0.2) is 51.5 Å². The van der Waals surface area contributed by atoms with Gasteiger partial charge in [0.2, 0.25) is 11.8 Å². The Morgan fingerprint density at radius 3 is 1.46 bits per heavy atom. The van der Waals surface area contributed by atoms with Crippen molar-refractivity contribution in [3.05, 3.63) is 169 Å². The van der Waals surface area contributed by atoms with Crippen molar-refractivity contribution in [1.29, 1.82) is 0 Å². The smallest absolute Gasteiger partial charge is 0.349 e. The van der Waals surface area contributed by atoms with Crippen molar-refractivity contribution in [2.45, 2.75) is 143 Å². The average molecular weight is 1280 g/mol. The third-order valence-electron chi connectivity index (χ3n) is 16.8. The fourth-order valence-corrected chi connectivity index (χ4v) is 13.4. The first-order chi connectivity index (χ1) is 42.5. The van der Waals surface area contributed by atoms with E-state index >= 15 is 4.39 Å². The van der Waals surface area contributed by atoms with Crippen LogP contribution in [0.4, 0.5) is 16.0 Å². The van der Waals surface area contributed by atoms with Crippen LogP contribution in [-0.4, -0.2) is 126 Å². The van der Waals surface area contributed by atoms with Crippen LogP contribution in [0, 0.1) is 12.7 Å². The molecule has 3 aromatic carbocycles. The van der Waals surface area contributed by atoms with Crippen molar-refractivity contribution in [3.8, 4) is 33.9 Å². The number of carbonyl (C=O) groups excluding carboxylic acids is 2. The minimum Gasteiger partial charge on any atom is -0.349 e. The minimum atomic E-state index is -3.55. The molecule has 2 aliphatic heterocycles. The summed E-state index contributed by atoms with van der Waals surface area (Å²) in [5.41, 5.74) is 6.10. The second kappa shape index (κ2) is 26.3. The Hall–Kier alpha value is -8.20. The lowest BCUT2D eigenvalue weighted by Gasteiger charge is -2.44. The van der Waals surface area contributed by atoms with E-state index in [1.807, 2.05) is 98.4 Å². The number of sulfone groups is 1. The number of benzene rings is 3. The number of rotatable bonds is 13. The van der Waals surface area contributed by atoms with E-state index in [0.717, 1.165) is 28.8 Å². The summed E-state index contributed by atoms with van der Waals surface area (Å²) in [5.74, 6) is 0.0461. The lowest BCUT2D eigenvalue weighted by Crippen LogP contribution is -2.58. The summed E-state index contributed by atoms with van der Waals surface area (Å²) < 4.78 is 43.1. The zero-order chi connectivity index (χ0) is 65.7. The van der Waals surface area contributed by atoms with Crippen LogP contribution < -0.4 is 21.2 Å². The van der Waals surface area contributed by atoms with Crippen LogP contribution in [0.25, 0.3) is 56.0 Å². The molecule has 8 aromatic rings. The van der Waals surface area contributed by atoms with Crippen LogP contribution in [0.15, 0.2) is 119 Å². The number of aryl methyl sites for hydroxylation is 1. The number of hydrogen-bond acceptors (Lipinski definition) is 14. The third kappa shape index (κ3) is 12.7. The lowest BCUT2D eigenvalue weighted by atomic mass is 9.95. The molecule has 4 atom stereocenters. The molecular formula is C68H77Cl2FN12O6S. The van der Waals surface area contributed by atoms with E-state index < -0.39 is 27.0 Å². The predicted octanol–water partition coefficient (Wildman–Crippen LogP) is 12.6. The second-order valence-corrected chi connectivity index (χ2v) is 27.5. The number of nitrogens with zero attached hydrogens (tertiary/aromatic N) is 12. The molecule has 0 saturated carbocycles. The van der Waals surface area contributed by atoms with Crippen LogP contribution in [0.3, 0.4) is 0 Å². The highest BCUT2D eigenvalue weighted by Crippen LogP contribution is 2.41. The molecule has 22 heteroatoms. The van der Waals surface area contributed by atoms with Gasteiger partial charge in [-0.1, -0.05) is 128 Å². The van der Waals surface area contributed by atoms with Crippen LogP contribution in [0.1, 0.15) is 135 Å². The number of pyridine rings is 2. The SMILES string of the molecule is C=CC(=O)N1CC(C)N(c2nc(=O)n(-c3c(C(C)C)ncnc3C(C)C)c3nc(-c4ccccc4C(C)C)c(Cl)cc23)CC1C.C=CC(=O)N1CC(C)N(c2nc(=O)n(-c3c(C)cc(S(C)(=O)=O)cc3C(C)C)c3nc(-c4ccccc4F)c(Cl)cc23)CC1C. The number of amides is 2. The monoisotopic (exact) mass is 1280 g/mol. The van der Waals surface area contributed by atoms with Gasteiger partial charge >= 0.3 is 11.4 Å². The topological polar surface area (TPSA) is 203 Å². The first-order valence-electron chi connectivity index (χ1n) is 30.2. The summed E-state index contributed by atoms with van der Waals surface area (Å²) in [7, 11) is -3.55. The molecule has 2 amide bonds. The molecule has 2 saturated heterocycles. The van der Waals surface area contributed by atoms with E-state index in [2.05, 4.69) is 52.9 Å². The predicted molar refractivity (Wildman–Crippen MR) is 357 cm³/mol. The molecule has 2 aliphatic rings. The Bertz CT molecular complexity index is 4390. The number of carbonyl (C=O) groups is 2. The van der Waals surface area contributed by atoms with Crippen molar-refractivity contribution >= 4 is 78.6 Å². The Morgan fingerprint density at radius 2 is 1.02 bits per heavy atom. The summed E-state index contributed by atoms with van der Waals surface area (Å²) in [4.78, 5) is 90.0. The second-order valence-electron chi connectivity index (χ2n) is 24.7. The maximum Gasteiger partial charge on any atom is 0.355 e. The van der Waals surface area contributed by atoms with Crippen LogP contribution in [0.2, 0.25) is 10.0 Å². The normalized spacial score (nSPS) is 17.2. The van der Waals surface area contributed by atoms with Gasteiger partial charge in [-0.05, 0) is 124 Å². The number of fused-ring (bicyclic) bond motifs is 2. The highest BCUT2D eigenvalue weighted by Gasteiger charge is 2.37. The molecule has 10 rings (SSSR count). The zero-order valence-corrected chi connectivity index (χ0v) is 55.7. The number of piperazine rings is 2. The average Bonchev–Trinajstić information content (AvgIpc) is 1.01. The van der Waals surface area contributed by atoms with Crippen molar-refractivity contribution in [3.63, 3.8) is 0 Å². The van der Waals surface area contributed by atoms with Crippen LogP contribution in [-0.2, 0) is 19.4 Å². The summed E-state index contributed by atoms with van der Waals surface area (Å²) in [6.45, 7) is 34.8. The summed E-state index contributed by atoms with van der Waals surface area (Å²) in [5, 5.41) is 1.71. The molecule has 0 N–H and O–H groups in total. The van der Waals surface area contributed by atoms with E-state index in [9.17, 15) is 27.6 Å². The fourth-order valence-electron chi connectivity index (χ4n) is 12.2. The maximum absolute atomic E-state index is 15.1. The molecule has 0 radical (unpaired) electrons. The molecule has 7 heterocycles. The molecule has 2 fully saturated rings. The van der Waals surface area contributed by atoms with Crippen molar-refractivity contribution in [1.82, 2.24) is 48.8 Å². The van der Waals surface area contributed by atoms with E-state index in [1.54, 1.807) is 57.9 Å². The fraction of sp³-hybridized carbons (Fsp3) is 0.382. The van der Waals surface area contributed by atoms with Gasteiger partial charge in [-0.15, -0.1) is 0 Å². The van der Waals surface area contributed by atoms with E-state index in [4.69, 9.17) is 38.2 Å². The molecule has 4 unspecified atom stereocenters. The molecular weight excluding hydrogens is 1200 g/mol. The standard InChI is InChI=1S/C35H42ClN7O2.C33H35ClFN5O4S/c1-10-28(44)41-16-23(9)42(17-22(41)8)33-26-15-27(36)31(25-14-12-11-13-24(25)19(2)3)39-34(26)43(35(45)40-33)32-29(20(4)5)37-18-38-30(32)21(6)7;1-8-28(41)38-16-21(6)39(17-20(38)5)31-25-15-26(34)29(23-11-9-10-12-27(23)35)36-32(25)40(33(42)37-31)30-19(4)13-22(45(7,43)44)14-24(30)18(2)3/h10-15,18-23H,1,16-17H2,2-9H3;8-15,18,20-21H,1,16-17H2,2-7H3. The Balaban J connectivity index is 0.000000213. The Kier molecular flexibility index (Phi) is 19.4. The molecule has 472 valence electrons. The minimum absolute atomic E-state index is 0.00640. The summed E-state index contributed by atoms with van der Waals surface area (Å²) in [6, 6.07) is 20.1. The number of hydrogen-bond donors (Lipinski definition) is 0. The van der Waals surface area contributed by atoms with Crippen molar-refractivity contribution in [2.24, 2.45) is 0 Å². The Labute approximate surface area is 535 Å². The molecule has 0 spiro atoms. The van der Waals surface area contributed by atoms with Crippen LogP contribution in [0.5, 0.6) is 0 Å². The highest BCUT2D eigenvalue weighted by atomic mass is 35.5. The van der Waals surface area contributed by atoms with Gasteiger partial charge in [-0.3, -0.25) is 9.59 Å². The highest BCUT2D eigenvalue weighted by molar-refractivity contribution is 7.90. The van der Waals surface area contributed by atoms with Gasteiger partial charge in [0.05, 0.1) is 59.9 Å². The maximum atomic E-state index is 15.1.